The van der Waals surface area contributed by atoms with E-state index in [9.17, 15) is 0 Å². The van der Waals surface area contributed by atoms with E-state index in [0.717, 1.165) is 10.1 Å². The highest BCUT2D eigenvalue weighted by atomic mass is 32.2. The Labute approximate surface area is 46.7 Å². The van der Waals surface area contributed by atoms with E-state index in [-0.39, 0.29) is 0 Å². The molecule has 0 saturated heterocycles. The van der Waals surface area contributed by atoms with Crippen molar-refractivity contribution >= 4 is 16.8 Å². The van der Waals surface area contributed by atoms with Crippen LogP contribution in [0.4, 0.5) is 0 Å². The molecule has 1 aliphatic heterocycles. The first-order valence-corrected chi connectivity index (χ1v) is 2.78. The van der Waals surface area contributed by atoms with Crippen LogP contribution in [0.3, 0.4) is 0 Å². The maximum absolute atomic E-state index is 3.85. The second kappa shape index (κ2) is 1.58. The molecule has 7 heavy (non-hydrogen) atoms. The molecule has 3 heteroatoms. The van der Waals surface area contributed by atoms with Gasteiger partial charge in [0.2, 0.25) is 0 Å². The number of rotatable bonds is 0. The van der Waals surface area contributed by atoms with E-state index in [0.29, 0.717) is 0 Å². The molecule has 1 aliphatic rings. The van der Waals surface area contributed by atoms with Crippen molar-refractivity contribution in [3.05, 3.63) is 11.6 Å². The summed E-state index contributed by atoms with van der Waals surface area (Å²) in [5.41, 5.74) is 2.73. The first-order chi connectivity index (χ1) is 3.29. The molecular formula is C4H6N2S. The largest absolute Gasteiger partial charge is 0.272 e. The van der Waals surface area contributed by atoms with E-state index in [1.807, 2.05) is 6.92 Å². The van der Waals surface area contributed by atoms with E-state index in [4.69, 9.17) is 0 Å². The second-order valence-corrected chi connectivity index (χ2v) is 2.56. The van der Waals surface area contributed by atoms with Crippen LogP contribution in [0, 0.1) is 0 Å². The van der Waals surface area contributed by atoms with E-state index in [2.05, 4.69) is 17.1 Å². The Morgan fingerprint density at radius 1 is 1.86 bits per heavy atom. The quantitative estimate of drug-likeness (QED) is 0.510. The lowest BCUT2D eigenvalue weighted by molar-refractivity contribution is 0.971. The molecule has 0 saturated carbocycles. The molecule has 1 rings (SSSR count). The molecule has 0 fully saturated rings. The average molecular weight is 114 g/mol. The normalized spacial score (nSPS) is 19.0. The first-order valence-electron chi connectivity index (χ1n) is 1.96. The van der Waals surface area contributed by atoms with Crippen LogP contribution in [0.2, 0.25) is 0 Å². The fourth-order valence-electron chi connectivity index (χ4n) is 0.365. The van der Waals surface area contributed by atoms with Crippen molar-refractivity contribution in [2.75, 3.05) is 0 Å². The summed E-state index contributed by atoms with van der Waals surface area (Å²) in [4.78, 5) is 0. The zero-order chi connectivity index (χ0) is 5.28. The Morgan fingerprint density at radius 3 is 2.71 bits per heavy atom. The molecule has 0 amide bonds. The number of thioether (sulfide) groups is 1. The van der Waals surface area contributed by atoms with Gasteiger partial charge >= 0.3 is 0 Å². The maximum Gasteiger partial charge on any atom is 0.0966 e. The van der Waals surface area contributed by atoms with E-state index < -0.39 is 0 Å². The number of hydrogen-bond acceptors (Lipinski definition) is 3. The molecule has 0 spiro atoms. The topological polar surface area (TPSA) is 24.4 Å². The van der Waals surface area contributed by atoms with Crippen molar-refractivity contribution in [3.8, 4) is 0 Å². The van der Waals surface area contributed by atoms with Gasteiger partial charge in [0.25, 0.3) is 0 Å². The minimum absolute atomic E-state index is 0.914. The summed E-state index contributed by atoms with van der Waals surface area (Å²) in [6.45, 7) is 5.58. The van der Waals surface area contributed by atoms with E-state index in [1.165, 1.54) is 0 Å². The molecule has 1 N–H and O–H groups in total. The van der Waals surface area contributed by atoms with Crippen LogP contribution in [-0.2, 0) is 0 Å². The summed E-state index contributed by atoms with van der Waals surface area (Å²) in [5, 5.41) is 5.79. The SMILES string of the molecule is C=C1NN=C(C)S1. The summed E-state index contributed by atoms with van der Waals surface area (Å²) < 4.78 is 0. The van der Waals surface area contributed by atoms with Gasteiger partial charge in [-0.15, -0.1) is 0 Å². The molecule has 38 valence electrons. The highest BCUT2D eigenvalue weighted by Gasteiger charge is 2.02. The molecule has 0 aromatic rings. The van der Waals surface area contributed by atoms with Gasteiger partial charge in [-0.25, -0.2) is 0 Å². The van der Waals surface area contributed by atoms with Gasteiger partial charge < -0.3 is 0 Å². The fourth-order valence-corrected chi connectivity index (χ4v) is 0.904. The summed E-state index contributed by atoms with van der Waals surface area (Å²) in [6.07, 6.45) is 0. The van der Waals surface area contributed by atoms with Gasteiger partial charge in [0.05, 0.1) is 10.1 Å². The zero-order valence-corrected chi connectivity index (χ0v) is 4.88. The molecule has 0 atom stereocenters. The Morgan fingerprint density at radius 2 is 2.57 bits per heavy atom. The molecule has 0 aliphatic carbocycles. The molecule has 0 radical (unpaired) electrons. The van der Waals surface area contributed by atoms with Crippen LogP contribution in [0.5, 0.6) is 0 Å². The van der Waals surface area contributed by atoms with E-state index >= 15 is 0 Å². The number of nitrogens with one attached hydrogen (secondary N) is 1. The lowest BCUT2D eigenvalue weighted by Gasteiger charge is -1.84. The van der Waals surface area contributed by atoms with Crippen LogP contribution in [0.25, 0.3) is 0 Å². The highest BCUT2D eigenvalue weighted by Crippen LogP contribution is 2.16. The van der Waals surface area contributed by atoms with E-state index in [1.54, 1.807) is 11.8 Å². The van der Waals surface area contributed by atoms with Gasteiger partial charge in [-0.1, -0.05) is 18.3 Å². The Hall–Kier alpha value is -0.440. The first kappa shape index (κ1) is 4.71. The number of hydrazone groups is 1. The standard InChI is InChI=1S/C4H6N2S/c1-3-5-6-4(2)7-3/h5H,1H2,2H3. The number of nitrogens with zero attached hydrogens (tertiary/aromatic N) is 1. The zero-order valence-electron chi connectivity index (χ0n) is 4.06. The molecule has 2 nitrogen and oxygen atoms in total. The molecule has 0 bridgehead atoms. The van der Waals surface area contributed by atoms with Gasteiger partial charge in [-0.2, -0.15) is 5.10 Å². The smallest absolute Gasteiger partial charge is 0.0966 e. The summed E-state index contributed by atoms with van der Waals surface area (Å²) in [6, 6.07) is 0. The van der Waals surface area contributed by atoms with Gasteiger partial charge in [-0.3, -0.25) is 5.43 Å². The minimum Gasteiger partial charge on any atom is -0.272 e. The van der Waals surface area contributed by atoms with Crippen LogP contribution >= 0.6 is 11.8 Å². The third-order valence-electron chi connectivity index (χ3n) is 0.609. The maximum atomic E-state index is 3.85. The molecule has 0 aromatic carbocycles. The third kappa shape index (κ3) is 0.962. The van der Waals surface area contributed by atoms with Crippen molar-refractivity contribution in [1.82, 2.24) is 5.43 Å². The summed E-state index contributed by atoms with van der Waals surface area (Å²) in [7, 11) is 0. The lowest BCUT2D eigenvalue weighted by atomic mass is 10.9. The van der Waals surface area contributed by atoms with Crippen LogP contribution in [0.15, 0.2) is 16.7 Å². The molecule has 0 unspecified atom stereocenters. The molecule has 0 aromatic heterocycles. The third-order valence-corrected chi connectivity index (χ3v) is 1.33. The van der Waals surface area contributed by atoms with Gasteiger partial charge in [0.1, 0.15) is 0 Å². The molecular weight excluding hydrogens is 108 g/mol. The minimum atomic E-state index is 0.914. The predicted molar refractivity (Wildman–Crippen MR) is 33.0 cm³/mol. The van der Waals surface area contributed by atoms with Crippen molar-refractivity contribution in [3.63, 3.8) is 0 Å². The van der Waals surface area contributed by atoms with Crippen molar-refractivity contribution in [2.45, 2.75) is 6.92 Å². The van der Waals surface area contributed by atoms with Crippen molar-refractivity contribution in [2.24, 2.45) is 5.10 Å². The lowest BCUT2D eigenvalue weighted by Crippen LogP contribution is -1.90. The van der Waals surface area contributed by atoms with Gasteiger partial charge in [-0.05, 0) is 6.92 Å². The van der Waals surface area contributed by atoms with Crippen molar-refractivity contribution in [1.29, 1.82) is 0 Å². The van der Waals surface area contributed by atoms with Crippen LogP contribution in [-0.4, -0.2) is 5.04 Å². The highest BCUT2D eigenvalue weighted by molar-refractivity contribution is 8.17. The average Bonchev–Trinajstić information content (AvgIpc) is 1.87. The Balaban J connectivity index is 2.58. The van der Waals surface area contributed by atoms with Gasteiger partial charge in [0.15, 0.2) is 0 Å². The Bertz CT molecular complexity index is 128. The number of hydrogen-bond donors (Lipinski definition) is 1. The van der Waals surface area contributed by atoms with Crippen LogP contribution < -0.4 is 5.43 Å². The summed E-state index contributed by atoms with van der Waals surface area (Å²) in [5.74, 6) is 0. The summed E-state index contributed by atoms with van der Waals surface area (Å²) >= 11 is 1.56. The fraction of sp³-hybridized carbons (Fsp3) is 0.250. The Kier molecular flexibility index (Phi) is 1.06. The monoisotopic (exact) mass is 114 g/mol. The van der Waals surface area contributed by atoms with Crippen molar-refractivity contribution < 1.29 is 0 Å². The second-order valence-electron chi connectivity index (χ2n) is 1.27. The van der Waals surface area contributed by atoms with Crippen LogP contribution in [0.1, 0.15) is 6.92 Å². The predicted octanol–water partition coefficient (Wildman–Crippen LogP) is 1.13. The molecule has 1 heterocycles. The van der Waals surface area contributed by atoms with Gasteiger partial charge in [0, 0.05) is 0 Å².